The smallest absolute Gasteiger partial charge is 0.138 e. The van der Waals surface area contributed by atoms with Crippen LogP contribution in [0.25, 0.3) is 21.3 Å². The number of imidazole rings is 1. The average Bonchev–Trinajstić information content (AvgIpc) is 3.08. The third-order valence-corrected chi connectivity index (χ3v) is 5.23. The lowest BCUT2D eigenvalue weighted by molar-refractivity contribution is 0.629. The number of H-pyrrole nitrogens is 1. The molecule has 0 radical (unpaired) electrons. The Bertz CT molecular complexity index is 1040. The highest BCUT2D eigenvalue weighted by Crippen LogP contribution is 2.32. The number of hydrogen-bond donors (Lipinski definition) is 2. The summed E-state index contributed by atoms with van der Waals surface area (Å²) in [6.07, 6.45) is 2.29. The summed E-state index contributed by atoms with van der Waals surface area (Å²) in [5, 5.41) is 4.46. The van der Waals surface area contributed by atoms with Crippen molar-refractivity contribution in [1.29, 1.82) is 0 Å². The van der Waals surface area contributed by atoms with Crippen LogP contribution in [0.4, 0.5) is 10.2 Å². The van der Waals surface area contributed by atoms with Crippen LogP contribution in [0.15, 0.2) is 24.5 Å². The molecule has 122 valence electrons. The molecule has 4 aromatic rings. The van der Waals surface area contributed by atoms with Crippen LogP contribution in [0.2, 0.25) is 0 Å². The number of fused-ring (bicyclic) bond motifs is 2. The van der Waals surface area contributed by atoms with E-state index in [0.29, 0.717) is 13.0 Å². The minimum atomic E-state index is -0.262. The lowest BCUT2D eigenvalue weighted by Crippen LogP contribution is -2.08. The Morgan fingerprint density at radius 2 is 2.12 bits per heavy atom. The maximum absolute atomic E-state index is 13.2. The lowest BCUT2D eigenvalue weighted by Gasteiger charge is -2.06. The van der Waals surface area contributed by atoms with E-state index in [1.807, 2.05) is 0 Å². The second-order valence-electron chi connectivity index (χ2n) is 5.71. The summed E-state index contributed by atoms with van der Waals surface area (Å²) in [5.74, 6) is 1.41. The molecule has 4 rings (SSSR count). The summed E-state index contributed by atoms with van der Waals surface area (Å²) in [7, 11) is 0. The van der Waals surface area contributed by atoms with E-state index in [1.165, 1.54) is 22.6 Å². The number of aromatic nitrogens is 4. The van der Waals surface area contributed by atoms with Gasteiger partial charge in [-0.3, -0.25) is 0 Å². The van der Waals surface area contributed by atoms with Crippen molar-refractivity contribution in [2.75, 3.05) is 11.9 Å². The fraction of sp³-hybridized carbons (Fsp3) is 0.235. The first kappa shape index (κ1) is 15.0. The van der Waals surface area contributed by atoms with Crippen LogP contribution >= 0.6 is 11.3 Å². The third kappa shape index (κ3) is 2.60. The Labute approximate surface area is 142 Å². The van der Waals surface area contributed by atoms with E-state index in [0.717, 1.165) is 32.9 Å². The highest BCUT2D eigenvalue weighted by molar-refractivity contribution is 7.18. The molecular formula is C17H16FN5S. The van der Waals surface area contributed by atoms with Gasteiger partial charge in [0.1, 0.15) is 28.6 Å². The van der Waals surface area contributed by atoms with Gasteiger partial charge in [-0.2, -0.15) is 0 Å². The van der Waals surface area contributed by atoms with Gasteiger partial charge in [0, 0.05) is 17.8 Å². The number of aromatic amines is 1. The Morgan fingerprint density at radius 1 is 1.25 bits per heavy atom. The predicted octanol–water partition coefficient (Wildman–Crippen LogP) is 3.98. The summed E-state index contributed by atoms with van der Waals surface area (Å²) in [6, 6.07) is 4.57. The van der Waals surface area contributed by atoms with E-state index in [4.69, 9.17) is 0 Å². The molecule has 0 spiro atoms. The maximum atomic E-state index is 13.2. The van der Waals surface area contributed by atoms with Crippen LogP contribution in [0.3, 0.4) is 0 Å². The van der Waals surface area contributed by atoms with Gasteiger partial charge in [-0.05, 0) is 37.6 Å². The number of nitrogens with zero attached hydrogens (tertiary/aromatic N) is 3. The number of benzene rings is 1. The van der Waals surface area contributed by atoms with Gasteiger partial charge in [0.15, 0.2) is 0 Å². The van der Waals surface area contributed by atoms with Crippen molar-refractivity contribution < 1.29 is 4.39 Å². The molecular weight excluding hydrogens is 325 g/mol. The predicted molar refractivity (Wildman–Crippen MR) is 95.1 cm³/mol. The highest BCUT2D eigenvalue weighted by Gasteiger charge is 2.11. The van der Waals surface area contributed by atoms with Crippen molar-refractivity contribution in [2.45, 2.75) is 20.3 Å². The zero-order chi connectivity index (χ0) is 16.7. The molecule has 1 aromatic carbocycles. The largest absolute Gasteiger partial charge is 0.369 e. The van der Waals surface area contributed by atoms with Gasteiger partial charge >= 0.3 is 0 Å². The number of anilines is 1. The van der Waals surface area contributed by atoms with Gasteiger partial charge in [-0.1, -0.05) is 0 Å². The van der Waals surface area contributed by atoms with Gasteiger partial charge in [-0.25, -0.2) is 19.3 Å². The molecule has 0 fully saturated rings. The monoisotopic (exact) mass is 341 g/mol. The topological polar surface area (TPSA) is 66.5 Å². The van der Waals surface area contributed by atoms with Gasteiger partial charge in [0.05, 0.1) is 16.4 Å². The number of hydrogen-bond acceptors (Lipinski definition) is 5. The van der Waals surface area contributed by atoms with E-state index < -0.39 is 0 Å². The number of thiophene rings is 1. The van der Waals surface area contributed by atoms with Crippen LogP contribution in [0, 0.1) is 19.7 Å². The van der Waals surface area contributed by atoms with Gasteiger partial charge in [0.25, 0.3) is 0 Å². The number of rotatable bonds is 4. The standard InChI is InChI=1S/C17H16FN5S/c1-9-10(2)24-17-15(9)16(20-8-21-17)19-6-5-14-22-12-4-3-11(18)7-13(12)23-14/h3-4,7-8H,5-6H2,1-2H3,(H,22,23)(H,19,20,21). The van der Waals surface area contributed by atoms with Gasteiger partial charge < -0.3 is 10.3 Å². The van der Waals surface area contributed by atoms with E-state index in [9.17, 15) is 4.39 Å². The quantitative estimate of drug-likeness (QED) is 0.589. The Balaban J connectivity index is 1.52. The summed E-state index contributed by atoms with van der Waals surface area (Å²) in [4.78, 5) is 18.6. The molecule has 0 bridgehead atoms. The minimum Gasteiger partial charge on any atom is -0.369 e. The summed E-state index contributed by atoms with van der Waals surface area (Å²) in [6.45, 7) is 4.87. The second kappa shape index (κ2) is 5.83. The fourth-order valence-corrected chi connectivity index (χ4v) is 3.77. The Kier molecular flexibility index (Phi) is 3.65. The highest BCUT2D eigenvalue weighted by atomic mass is 32.1. The molecule has 0 saturated carbocycles. The average molecular weight is 341 g/mol. The van der Waals surface area contributed by atoms with Crippen molar-refractivity contribution in [2.24, 2.45) is 0 Å². The molecule has 24 heavy (non-hydrogen) atoms. The normalized spacial score (nSPS) is 11.5. The zero-order valence-electron chi connectivity index (χ0n) is 13.4. The molecule has 0 saturated heterocycles. The Hall–Kier alpha value is -2.54. The first-order valence-electron chi connectivity index (χ1n) is 7.70. The summed E-state index contributed by atoms with van der Waals surface area (Å²) < 4.78 is 13.2. The van der Waals surface area contributed by atoms with Crippen molar-refractivity contribution in [1.82, 2.24) is 19.9 Å². The minimum absolute atomic E-state index is 0.262. The van der Waals surface area contributed by atoms with Crippen molar-refractivity contribution in [3.05, 3.63) is 46.6 Å². The van der Waals surface area contributed by atoms with Crippen LogP contribution < -0.4 is 5.32 Å². The van der Waals surface area contributed by atoms with Crippen molar-refractivity contribution in [3.63, 3.8) is 0 Å². The molecule has 0 aliphatic carbocycles. The molecule has 0 aliphatic rings. The van der Waals surface area contributed by atoms with Gasteiger partial charge in [-0.15, -0.1) is 11.3 Å². The molecule has 7 heteroatoms. The van der Waals surface area contributed by atoms with Crippen molar-refractivity contribution in [3.8, 4) is 0 Å². The SMILES string of the molecule is Cc1sc2ncnc(NCCc3nc4ccc(F)cc4[nH]3)c2c1C. The van der Waals surface area contributed by atoms with E-state index in [2.05, 4.69) is 39.1 Å². The van der Waals surface area contributed by atoms with E-state index >= 15 is 0 Å². The molecule has 0 amide bonds. The van der Waals surface area contributed by atoms with Crippen LogP contribution in [0.1, 0.15) is 16.3 Å². The molecule has 2 N–H and O–H groups in total. The molecule has 3 aromatic heterocycles. The Morgan fingerprint density at radius 3 is 3.00 bits per heavy atom. The number of aryl methyl sites for hydroxylation is 2. The third-order valence-electron chi connectivity index (χ3n) is 4.11. The van der Waals surface area contributed by atoms with Crippen LogP contribution in [-0.4, -0.2) is 26.5 Å². The van der Waals surface area contributed by atoms with Crippen LogP contribution in [-0.2, 0) is 6.42 Å². The van der Waals surface area contributed by atoms with Crippen molar-refractivity contribution >= 4 is 38.4 Å². The van der Waals surface area contributed by atoms with E-state index in [-0.39, 0.29) is 5.82 Å². The first-order chi connectivity index (χ1) is 11.6. The maximum Gasteiger partial charge on any atom is 0.138 e. The molecule has 5 nitrogen and oxygen atoms in total. The summed E-state index contributed by atoms with van der Waals surface area (Å²) >= 11 is 1.68. The first-order valence-corrected chi connectivity index (χ1v) is 8.52. The van der Waals surface area contributed by atoms with E-state index in [1.54, 1.807) is 23.7 Å². The van der Waals surface area contributed by atoms with Gasteiger partial charge in [0.2, 0.25) is 0 Å². The second-order valence-corrected chi connectivity index (χ2v) is 6.91. The fourth-order valence-electron chi connectivity index (χ4n) is 2.77. The van der Waals surface area contributed by atoms with Crippen LogP contribution in [0.5, 0.6) is 0 Å². The zero-order valence-corrected chi connectivity index (χ0v) is 14.2. The molecule has 0 aliphatic heterocycles. The number of halogens is 1. The molecule has 0 unspecified atom stereocenters. The number of nitrogens with one attached hydrogen (secondary N) is 2. The molecule has 0 atom stereocenters. The lowest BCUT2D eigenvalue weighted by atomic mass is 10.2. The molecule has 3 heterocycles. The summed E-state index contributed by atoms with van der Waals surface area (Å²) in [5.41, 5.74) is 2.72.